The molecule has 0 unspecified atom stereocenters. The quantitative estimate of drug-likeness (QED) is 0.735. The molecule has 1 aromatic rings. The molecule has 0 aliphatic carbocycles. The Kier molecular flexibility index (Phi) is 6.07. The minimum absolute atomic E-state index is 0.123. The minimum atomic E-state index is -0.436. The molecule has 0 saturated carbocycles. The van der Waals surface area contributed by atoms with Crippen molar-refractivity contribution in [1.29, 1.82) is 0 Å². The predicted molar refractivity (Wildman–Crippen MR) is 82.5 cm³/mol. The first-order valence-corrected chi connectivity index (χ1v) is 6.75. The van der Waals surface area contributed by atoms with Gasteiger partial charge in [0.1, 0.15) is 0 Å². The van der Waals surface area contributed by atoms with Crippen molar-refractivity contribution in [2.45, 2.75) is 13.8 Å². The maximum atomic E-state index is 11.7. The number of aryl methyl sites for hydroxylation is 2. The van der Waals surface area contributed by atoms with Crippen LogP contribution in [0.15, 0.2) is 16.6 Å². The number of hydrogen-bond donors (Lipinski definition) is 3. The van der Waals surface area contributed by atoms with E-state index in [9.17, 15) is 9.59 Å². The molecular formula is C14H16BrN3O2. The Morgan fingerprint density at radius 1 is 1.25 bits per heavy atom. The lowest BCUT2D eigenvalue weighted by Crippen LogP contribution is -2.39. The fraction of sp³-hybridized carbons (Fsp3) is 0.286. The van der Waals surface area contributed by atoms with Crippen molar-refractivity contribution in [3.63, 3.8) is 0 Å². The highest BCUT2D eigenvalue weighted by Crippen LogP contribution is 2.24. The Morgan fingerprint density at radius 3 is 2.40 bits per heavy atom. The Morgan fingerprint density at radius 2 is 1.85 bits per heavy atom. The first kappa shape index (κ1) is 16.1. The zero-order chi connectivity index (χ0) is 15.1. The van der Waals surface area contributed by atoms with Gasteiger partial charge in [0.25, 0.3) is 0 Å². The maximum absolute atomic E-state index is 11.7. The summed E-state index contributed by atoms with van der Waals surface area (Å²) in [6.07, 6.45) is 5.01. The van der Waals surface area contributed by atoms with Gasteiger partial charge in [-0.15, -0.1) is 6.42 Å². The van der Waals surface area contributed by atoms with Gasteiger partial charge in [-0.25, -0.2) is 4.79 Å². The molecule has 0 bridgehead atoms. The first-order chi connectivity index (χ1) is 9.43. The van der Waals surface area contributed by atoms with Gasteiger partial charge in [-0.2, -0.15) is 0 Å². The number of urea groups is 1. The fourth-order valence-corrected chi connectivity index (χ4v) is 2.32. The molecule has 3 amide bonds. The third kappa shape index (κ3) is 4.94. The zero-order valence-corrected chi connectivity index (χ0v) is 12.9. The number of benzene rings is 1. The van der Waals surface area contributed by atoms with Crippen LogP contribution in [0.3, 0.4) is 0 Å². The smallest absolute Gasteiger partial charge is 0.319 e. The lowest BCUT2D eigenvalue weighted by atomic mass is 10.1. The van der Waals surface area contributed by atoms with Crippen LogP contribution in [0.25, 0.3) is 0 Å². The standard InChI is InChI=1S/C14H16BrN3O2/c1-4-5-16-12(19)8-17-14(20)18-13-9(2)6-11(15)7-10(13)3/h1,6-7H,5,8H2,2-3H3,(H,16,19)(H2,17,18,20). The lowest BCUT2D eigenvalue weighted by molar-refractivity contribution is -0.119. The first-order valence-electron chi connectivity index (χ1n) is 5.95. The van der Waals surface area contributed by atoms with Crippen LogP contribution in [0.4, 0.5) is 10.5 Å². The normalized spacial score (nSPS) is 9.50. The number of terminal acetylenes is 1. The molecule has 0 spiro atoms. The second kappa shape index (κ2) is 7.56. The number of carbonyl (C=O) groups excluding carboxylic acids is 2. The largest absolute Gasteiger partial charge is 0.344 e. The minimum Gasteiger partial charge on any atom is -0.344 e. The molecule has 0 fully saturated rings. The van der Waals surface area contributed by atoms with Gasteiger partial charge in [0.05, 0.1) is 13.1 Å². The van der Waals surface area contributed by atoms with E-state index in [4.69, 9.17) is 6.42 Å². The molecule has 5 nitrogen and oxygen atoms in total. The van der Waals surface area contributed by atoms with Crippen LogP contribution in [0.5, 0.6) is 0 Å². The summed E-state index contributed by atoms with van der Waals surface area (Å²) in [4.78, 5) is 23.0. The Hall–Kier alpha value is -2.00. The fourth-order valence-electron chi connectivity index (χ4n) is 1.64. The van der Waals surface area contributed by atoms with Gasteiger partial charge >= 0.3 is 6.03 Å². The van der Waals surface area contributed by atoms with E-state index in [1.165, 1.54) is 0 Å². The van der Waals surface area contributed by atoms with Gasteiger partial charge in [-0.1, -0.05) is 21.9 Å². The van der Waals surface area contributed by atoms with Crippen LogP contribution >= 0.6 is 15.9 Å². The summed E-state index contributed by atoms with van der Waals surface area (Å²) < 4.78 is 0.951. The average molecular weight is 338 g/mol. The number of hydrogen-bond acceptors (Lipinski definition) is 2. The van der Waals surface area contributed by atoms with Crippen LogP contribution in [0.2, 0.25) is 0 Å². The van der Waals surface area contributed by atoms with E-state index in [0.29, 0.717) is 0 Å². The zero-order valence-electron chi connectivity index (χ0n) is 11.3. The van der Waals surface area contributed by atoms with Gasteiger partial charge in [0.2, 0.25) is 5.91 Å². The molecule has 0 aliphatic heterocycles. The van der Waals surface area contributed by atoms with Crippen molar-refractivity contribution in [2.75, 3.05) is 18.4 Å². The number of rotatable bonds is 4. The van der Waals surface area contributed by atoms with Gasteiger partial charge in [-0.05, 0) is 37.1 Å². The van der Waals surface area contributed by atoms with Crippen LogP contribution in [-0.2, 0) is 4.79 Å². The molecule has 0 aliphatic rings. The summed E-state index contributed by atoms with van der Waals surface area (Å²) in [6.45, 7) is 3.81. The Labute approximate surface area is 126 Å². The highest BCUT2D eigenvalue weighted by atomic mass is 79.9. The van der Waals surface area contributed by atoms with Crippen molar-refractivity contribution in [3.8, 4) is 12.3 Å². The van der Waals surface area contributed by atoms with Crippen LogP contribution in [-0.4, -0.2) is 25.0 Å². The van der Waals surface area contributed by atoms with Gasteiger partial charge in [0.15, 0.2) is 0 Å². The summed E-state index contributed by atoms with van der Waals surface area (Å²) in [5.74, 6) is 1.95. The number of anilines is 1. The third-order valence-corrected chi connectivity index (χ3v) is 2.99. The van der Waals surface area contributed by atoms with Gasteiger partial charge < -0.3 is 16.0 Å². The molecule has 0 heterocycles. The molecule has 0 saturated heterocycles. The Bertz CT molecular complexity index is 541. The molecule has 3 N–H and O–H groups in total. The van der Waals surface area contributed by atoms with E-state index >= 15 is 0 Å². The molecule has 1 rings (SSSR count). The highest BCUT2D eigenvalue weighted by Gasteiger charge is 2.09. The topological polar surface area (TPSA) is 70.2 Å². The van der Waals surface area contributed by atoms with Crippen LogP contribution in [0, 0.1) is 26.2 Å². The number of amides is 3. The number of nitrogens with one attached hydrogen (secondary N) is 3. The molecule has 0 radical (unpaired) electrons. The second-order valence-corrected chi connectivity index (χ2v) is 5.12. The van der Waals surface area contributed by atoms with Crippen LogP contribution in [0.1, 0.15) is 11.1 Å². The predicted octanol–water partition coefficient (Wildman–Crippen LogP) is 1.94. The highest BCUT2D eigenvalue weighted by molar-refractivity contribution is 9.10. The van der Waals surface area contributed by atoms with Crippen molar-refractivity contribution in [3.05, 3.63) is 27.7 Å². The summed E-state index contributed by atoms with van der Waals surface area (Å²) in [5, 5.41) is 7.65. The van der Waals surface area contributed by atoms with Crippen molar-refractivity contribution in [1.82, 2.24) is 10.6 Å². The van der Waals surface area contributed by atoms with E-state index in [2.05, 4.69) is 37.8 Å². The molecule has 1 aromatic carbocycles. The molecule has 106 valence electrons. The van der Waals surface area contributed by atoms with Crippen molar-refractivity contribution >= 4 is 33.6 Å². The Balaban J connectivity index is 2.55. The second-order valence-electron chi connectivity index (χ2n) is 4.20. The number of carbonyl (C=O) groups is 2. The third-order valence-electron chi connectivity index (χ3n) is 2.53. The van der Waals surface area contributed by atoms with E-state index in [1.54, 1.807) is 0 Å². The lowest BCUT2D eigenvalue weighted by Gasteiger charge is -2.13. The van der Waals surface area contributed by atoms with E-state index in [1.807, 2.05) is 26.0 Å². The maximum Gasteiger partial charge on any atom is 0.319 e. The summed E-state index contributed by atoms with van der Waals surface area (Å²) in [7, 11) is 0. The summed E-state index contributed by atoms with van der Waals surface area (Å²) >= 11 is 3.39. The molecular weight excluding hydrogens is 322 g/mol. The number of halogens is 1. The van der Waals surface area contributed by atoms with Gasteiger partial charge in [0, 0.05) is 10.2 Å². The molecule has 6 heteroatoms. The van der Waals surface area contributed by atoms with Gasteiger partial charge in [-0.3, -0.25) is 4.79 Å². The van der Waals surface area contributed by atoms with E-state index in [-0.39, 0.29) is 19.0 Å². The average Bonchev–Trinajstić information content (AvgIpc) is 2.38. The van der Waals surface area contributed by atoms with E-state index < -0.39 is 6.03 Å². The summed E-state index contributed by atoms with van der Waals surface area (Å²) in [5.41, 5.74) is 2.60. The van der Waals surface area contributed by atoms with Crippen molar-refractivity contribution < 1.29 is 9.59 Å². The molecule has 0 atom stereocenters. The van der Waals surface area contributed by atoms with Crippen molar-refractivity contribution in [2.24, 2.45) is 0 Å². The van der Waals surface area contributed by atoms with E-state index in [0.717, 1.165) is 21.3 Å². The monoisotopic (exact) mass is 337 g/mol. The molecule has 20 heavy (non-hydrogen) atoms. The van der Waals surface area contributed by atoms with Crippen LogP contribution < -0.4 is 16.0 Å². The molecule has 0 aromatic heterocycles. The SMILES string of the molecule is C#CCNC(=O)CNC(=O)Nc1c(C)cc(Br)cc1C. The summed E-state index contributed by atoms with van der Waals surface area (Å²) in [6, 6.07) is 3.37.